The van der Waals surface area contributed by atoms with Gasteiger partial charge in [0.25, 0.3) is 12.3 Å². The number of nitrogens with two attached hydrogens (primary N) is 1. The second kappa shape index (κ2) is 14.3. The van der Waals surface area contributed by atoms with Crippen molar-refractivity contribution in [3.05, 3.63) is 106 Å². The average molecular weight is 797 g/mol. The zero-order valence-electron chi connectivity index (χ0n) is 30.2. The van der Waals surface area contributed by atoms with Gasteiger partial charge in [-0.1, -0.05) is 30.2 Å². The number of fused-ring (bicyclic) bond motifs is 4. The zero-order valence-corrected chi connectivity index (χ0v) is 31.0. The fourth-order valence-electron chi connectivity index (χ4n) is 7.34. The number of hydrogen-bond acceptors (Lipinski definition) is 8. The molecule has 0 fully saturated rings. The third kappa shape index (κ3) is 7.22. The Kier molecular flexibility index (Phi) is 9.94. The van der Waals surface area contributed by atoms with Crippen molar-refractivity contribution >= 4 is 34.2 Å². The minimum atomic E-state index is -3.58. The number of alkyl halides is 4. The molecule has 56 heavy (non-hydrogen) atoms. The van der Waals surface area contributed by atoms with Gasteiger partial charge < -0.3 is 15.0 Å². The molecular formula is C38H34F6N8O3S. The number of aliphatic hydroxyl groups is 1. The molecule has 0 aliphatic heterocycles. The molecule has 2 aliphatic rings. The van der Waals surface area contributed by atoms with Gasteiger partial charge in [-0.2, -0.15) is 23.7 Å². The molecular weight excluding hydrogens is 763 g/mol. The summed E-state index contributed by atoms with van der Waals surface area (Å²) >= 11 is -1.98. The van der Waals surface area contributed by atoms with E-state index in [2.05, 4.69) is 32.1 Å². The van der Waals surface area contributed by atoms with Crippen LogP contribution in [0.15, 0.2) is 54.6 Å². The Bertz CT molecular complexity index is 2460. The van der Waals surface area contributed by atoms with Crippen molar-refractivity contribution < 1.29 is 40.8 Å². The van der Waals surface area contributed by atoms with Gasteiger partial charge in [-0.3, -0.25) is 14.2 Å². The van der Waals surface area contributed by atoms with Crippen molar-refractivity contribution in [1.82, 2.24) is 29.9 Å². The van der Waals surface area contributed by atoms with E-state index in [1.54, 1.807) is 38.2 Å². The van der Waals surface area contributed by atoms with Crippen LogP contribution in [0.3, 0.4) is 0 Å². The molecule has 5 N–H and O–H groups in total. The first-order chi connectivity index (χ1) is 26.3. The molecule has 7 rings (SSSR count). The molecule has 3 aromatic heterocycles. The van der Waals surface area contributed by atoms with Gasteiger partial charge in [0, 0.05) is 35.7 Å². The first-order valence-corrected chi connectivity index (χ1v) is 18.4. The molecule has 292 valence electrons. The summed E-state index contributed by atoms with van der Waals surface area (Å²) in [4.78, 5) is 18.7. The number of anilines is 1. The Labute approximate surface area is 319 Å². The molecule has 1 amide bonds. The molecule has 3 heterocycles. The van der Waals surface area contributed by atoms with E-state index in [4.69, 9.17) is 10.1 Å². The minimum absolute atomic E-state index is 0.0779. The Morgan fingerprint density at radius 3 is 2.41 bits per heavy atom. The van der Waals surface area contributed by atoms with Gasteiger partial charge in [0.1, 0.15) is 40.9 Å². The van der Waals surface area contributed by atoms with Crippen LogP contribution in [0.4, 0.5) is 32.2 Å². The molecule has 1 unspecified atom stereocenters. The number of carbonyl (C=O) groups excluding carboxylic acids is 1. The monoisotopic (exact) mass is 796 g/mol. The van der Waals surface area contributed by atoms with E-state index in [9.17, 15) is 32.0 Å². The van der Waals surface area contributed by atoms with Crippen LogP contribution in [-0.2, 0) is 42.3 Å². The van der Waals surface area contributed by atoms with Gasteiger partial charge in [-0.15, -0.1) is 5.14 Å². The number of benzene rings is 2. The summed E-state index contributed by atoms with van der Waals surface area (Å²) in [5.41, 5.74) is -0.989. The van der Waals surface area contributed by atoms with Crippen LogP contribution in [0.2, 0.25) is 0 Å². The fraction of sp³-hybridized carbons (Fsp3) is 0.316. The van der Waals surface area contributed by atoms with Crippen LogP contribution in [-0.4, -0.2) is 45.7 Å². The number of aromatic nitrogens is 5. The van der Waals surface area contributed by atoms with Gasteiger partial charge in [0.05, 0.1) is 28.6 Å². The third-order valence-electron chi connectivity index (χ3n) is 9.63. The Hall–Kier alpha value is -5.35. The highest BCUT2D eigenvalue weighted by atomic mass is 32.2. The summed E-state index contributed by atoms with van der Waals surface area (Å²) < 4.78 is 105. The second-order valence-electron chi connectivity index (χ2n) is 14.2. The number of rotatable bonds is 10. The van der Waals surface area contributed by atoms with Crippen molar-refractivity contribution in [2.45, 2.75) is 63.6 Å². The number of halogens is 6. The van der Waals surface area contributed by atoms with Crippen LogP contribution in [0.1, 0.15) is 71.7 Å². The largest absolute Gasteiger partial charge is 0.574 e. The first kappa shape index (κ1) is 38.9. The number of carbonyl (C=O) groups is 1. The summed E-state index contributed by atoms with van der Waals surface area (Å²) in [5, 5.41) is 27.3. The maximum absolute atomic E-state index is 15.6. The second-order valence-corrected chi connectivity index (χ2v) is 15.0. The Balaban J connectivity index is 1.38. The third-order valence-corrected chi connectivity index (χ3v) is 10.0. The minimum Gasteiger partial charge on any atom is -0.574 e. The zero-order chi connectivity index (χ0) is 40.4. The molecule has 2 aliphatic carbocycles. The molecule has 0 radical (unpaired) electrons. The predicted molar refractivity (Wildman–Crippen MR) is 195 cm³/mol. The van der Waals surface area contributed by atoms with E-state index >= 15 is 8.78 Å². The SMILES string of the molecule is Cc1ccc(-c2ccc(C#CC(C)(C)O)nc2[C@H](Cc2cc(F)cc(F)c2)NC(=O)Cn2nc(C(F)F)c3c2C(F)(F)[C@@H]2C=C[C@H]32)c2c1c(N[S+](N)[O-])nn2C. The van der Waals surface area contributed by atoms with Crippen LogP contribution in [0.5, 0.6) is 0 Å². The first-order valence-electron chi connectivity index (χ1n) is 17.2. The van der Waals surface area contributed by atoms with Gasteiger partial charge in [0.2, 0.25) is 11.7 Å². The van der Waals surface area contributed by atoms with Gasteiger partial charge in [-0.25, -0.2) is 22.5 Å². The maximum Gasteiger partial charge on any atom is 0.296 e. The molecule has 5 aromatic rings. The highest BCUT2D eigenvalue weighted by molar-refractivity contribution is 7.90. The quantitative estimate of drug-likeness (QED) is 0.0589. The van der Waals surface area contributed by atoms with E-state index in [-0.39, 0.29) is 34.8 Å². The van der Waals surface area contributed by atoms with E-state index < -0.39 is 82.8 Å². The van der Waals surface area contributed by atoms with Crippen LogP contribution in [0.25, 0.3) is 22.0 Å². The molecule has 18 heteroatoms. The standard InChI is InChI=1S/C38H34F6N8O3S/c1-18-5-7-24(33-29(18)36(49-51(33)4)50-56(45)55)23-8-6-22(11-12-37(2,3)54)46-31(23)27(15-19-13-20(39)16-21(40)14-19)47-28(53)17-52-34-30(32(48-52)35(41)42)25-9-10-26(25)38(34,43)44/h5-10,13-14,16,25-27,35,54H,15,17,45H2,1-4H3,(H,47,53)(H,49,50)/t25-,26+,27-,56?/m0/s1. The highest BCUT2D eigenvalue weighted by Gasteiger charge is 2.60. The van der Waals surface area contributed by atoms with E-state index in [0.717, 1.165) is 17.7 Å². The molecule has 4 atom stereocenters. The van der Waals surface area contributed by atoms with Crippen molar-refractivity contribution in [2.24, 2.45) is 18.1 Å². The molecule has 2 aromatic carbocycles. The molecule has 0 bridgehead atoms. The number of nitrogens with zero attached hydrogens (tertiary/aromatic N) is 5. The summed E-state index contributed by atoms with van der Waals surface area (Å²) in [6.07, 6.45) is -0.855. The van der Waals surface area contributed by atoms with Crippen LogP contribution < -0.4 is 15.2 Å². The summed E-state index contributed by atoms with van der Waals surface area (Å²) in [6.45, 7) is 3.80. The fourth-order valence-corrected chi connectivity index (χ4v) is 7.67. The van der Waals surface area contributed by atoms with Crippen molar-refractivity contribution in [1.29, 1.82) is 0 Å². The number of pyridine rings is 1. The molecule has 0 saturated carbocycles. The molecule has 0 spiro atoms. The lowest BCUT2D eigenvalue weighted by atomic mass is 9.81. The molecule has 11 nitrogen and oxygen atoms in total. The number of aryl methyl sites for hydroxylation is 2. The lowest BCUT2D eigenvalue weighted by molar-refractivity contribution is -0.123. The predicted octanol–water partition coefficient (Wildman–Crippen LogP) is 5.90. The molecule has 0 saturated heterocycles. The summed E-state index contributed by atoms with van der Waals surface area (Å²) in [5.74, 6) is -3.01. The van der Waals surface area contributed by atoms with E-state index in [0.29, 0.717) is 32.8 Å². The van der Waals surface area contributed by atoms with Crippen molar-refractivity contribution in [3.8, 4) is 23.0 Å². The van der Waals surface area contributed by atoms with Gasteiger partial charge in [0.15, 0.2) is 11.5 Å². The highest BCUT2D eigenvalue weighted by Crippen LogP contribution is 2.60. The van der Waals surface area contributed by atoms with Gasteiger partial charge in [-0.05, 0) is 68.5 Å². The average Bonchev–Trinajstić information content (AvgIpc) is 3.64. The van der Waals surface area contributed by atoms with E-state index in [1.807, 2.05) is 0 Å². The van der Waals surface area contributed by atoms with Crippen molar-refractivity contribution in [2.75, 3.05) is 4.72 Å². The normalized spacial score (nSPS) is 17.9. The van der Waals surface area contributed by atoms with Crippen LogP contribution in [0, 0.1) is 36.3 Å². The summed E-state index contributed by atoms with van der Waals surface area (Å²) in [6, 6.07) is 8.19. The number of nitrogens with one attached hydrogen (secondary N) is 2. The maximum atomic E-state index is 15.6. The number of hydrogen-bond donors (Lipinski definition) is 4. The smallest absolute Gasteiger partial charge is 0.296 e. The van der Waals surface area contributed by atoms with E-state index in [1.165, 1.54) is 30.7 Å². The topological polar surface area (TPSA) is 159 Å². The Morgan fingerprint density at radius 1 is 1.09 bits per heavy atom. The Morgan fingerprint density at radius 2 is 1.79 bits per heavy atom. The van der Waals surface area contributed by atoms with Crippen molar-refractivity contribution in [3.63, 3.8) is 0 Å². The lowest BCUT2D eigenvalue weighted by Gasteiger charge is -2.27. The summed E-state index contributed by atoms with van der Waals surface area (Å²) in [7, 11) is 1.63. The lowest BCUT2D eigenvalue weighted by Crippen LogP contribution is -2.35. The van der Waals surface area contributed by atoms with Crippen LogP contribution >= 0.6 is 0 Å². The number of amides is 1. The number of allylic oxidation sites excluding steroid dienone is 2. The van der Waals surface area contributed by atoms with Gasteiger partial charge >= 0.3 is 0 Å².